The molecule has 0 amide bonds. The normalized spacial score (nSPS) is 44.4. The van der Waals surface area contributed by atoms with Crippen molar-refractivity contribution in [3.05, 3.63) is 0 Å². The molecular weight excluding hydrogens is 363 g/mol. The largest absolute Gasteiger partial charge is 0.344 e. The zero-order valence-corrected chi connectivity index (χ0v) is 13.8. The van der Waals surface area contributed by atoms with Gasteiger partial charge in [-0.15, -0.1) is 69.6 Å². The van der Waals surface area contributed by atoms with Crippen LogP contribution in [0, 0.1) is 0 Å². The van der Waals surface area contributed by atoms with Gasteiger partial charge in [-0.25, -0.2) is 0 Å². The standard InChI is InChI=1S/C6H6Cl6.FH.H3N.Sc/c7-1-2(8)4(10)6(12)5(11)3(1)9;;;/h1-6H;1H;1H3;/t1-,2-,3-,4+,5+,6+;;;. The Hall–Kier alpha value is 2.50. The van der Waals surface area contributed by atoms with Crippen LogP contribution < -0.4 is 6.15 Å². The van der Waals surface area contributed by atoms with Crippen LogP contribution in [-0.2, 0) is 25.8 Å². The molecule has 0 heterocycles. The fraction of sp³-hybridized carbons (Fsp3) is 1.00. The molecule has 0 atom stereocenters. The molecule has 0 aromatic carbocycles. The van der Waals surface area contributed by atoms with Crippen molar-refractivity contribution < 1.29 is 30.5 Å². The molecule has 0 aromatic rings. The first-order valence-corrected chi connectivity index (χ1v) is 5.93. The van der Waals surface area contributed by atoms with Gasteiger partial charge in [-0.1, -0.05) is 0 Å². The summed E-state index contributed by atoms with van der Waals surface area (Å²) in [7, 11) is 0. The molecule has 0 unspecified atom stereocenters. The molecule has 1 fully saturated rings. The van der Waals surface area contributed by atoms with E-state index in [1.54, 1.807) is 0 Å². The van der Waals surface area contributed by atoms with E-state index in [1.807, 2.05) is 0 Å². The van der Waals surface area contributed by atoms with E-state index in [9.17, 15) is 0 Å². The maximum atomic E-state index is 5.88. The molecule has 1 aliphatic carbocycles. The summed E-state index contributed by atoms with van der Waals surface area (Å²) in [5.74, 6) is 0. The molecule has 15 heavy (non-hydrogen) atoms. The van der Waals surface area contributed by atoms with Crippen LogP contribution in [0.25, 0.3) is 0 Å². The minimum Gasteiger partial charge on any atom is -0.344 e. The summed E-state index contributed by atoms with van der Waals surface area (Å²) in [6.07, 6.45) is 0. The smallest absolute Gasteiger partial charge is 0.0693 e. The molecule has 1 aliphatic rings. The van der Waals surface area contributed by atoms with E-state index in [-0.39, 0.29) is 36.7 Å². The van der Waals surface area contributed by atoms with Crippen molar-refractivity contribution in [2.75, 3.05) is 0 Å². The fourth-order valence-corrected chi connectivity index (χ4v) is 3.38. The molecule has 1 radical (unpaired) electrons. The van der Waals surface area contributed by atoms with Gasteiger partial charge in [0.1, 0.15) is 0 Å². The van der Waals surface area contributed by atoms with Crippen LogP contribution in [0.2, 0.25) is 0 Å². The van der Waals surface area contributed by atoms with Crippen LogP contribution in [0.15, 0.2) is 0 Å². The summed E-state index contributed by atoms with van der Waals surface area (Å²) < 4.78 is 0. The molecule has 1 rings (SSSR count). The van der Waals surface area contributed by atoms with E-state index in [1.165, 1.54) is 0 Å². The maximum absolute atomic E-state index is 5.88. The van der Waals surface area contributed by atoms with Crippen LogP contribution in [0.5, 0.6) is 0 Å². The van der Waals surface area contributed by atoms with Gasteiger partial charge in [0.2, 0.25) is 0 Å². The fourth-order valence-electron chi connectivity index (χ4n) is 1.05. The zero-order valence-electron chi connectivity index (χ0n) is 7.42. The van der Waals surface area contributed by atoms with Gasteiger partial charge >= 0.3 is 0 Å². The van der Waals surface area contributed by atoms with Crippen molar-refractivity contribution in [1.29, 1.82) is 0 Å². The molecular formula is C6H10Cl6FNSc. The van der Waals surface area contributed by atoms with Crippen molar-refractivity contribution in [2.45, 2.75) is 32.3 Å². The molecule has 0 spiro atoms. The van der Waals surface area contributed by atoms with E-state index >= 15 is 0 Å². The first-order valence-electron chi connectivity index (χ1n) is 3.31. The molecule has 0 aromatic heterocycles. The second-order valence-electron chi connectivity index (χ2n) is 2.67. The average Bonchev–Trinajstić information content (AvgIpc) is 2.08. The predicted molar refractivity (Wildman–Crippen MR) is 65.4 cm³/mol. The molecule has 91 valence electrons. The Labute approximate surface area is 137 Å². The van der Waals surface area contributed by atoms with Gasteiger partial charge in [0, 0.05) is 25.8 Å². The van der Waals surface area contributed by atoms with E-state index in [0.717, 1.165) is 0 Å². The number of hydrogen-bond acceptors (Lipinski definition) is 1. The topological polar surface area (TPSA) is 35.0 Å². The Balaban J connectivity index is -0.000000480. The van der Waals surface area contributed by atoms with Crippen LogP contribution in [0.3, 0.4) is 0 Å². The molecule has 0 aliphatic heterocycles. The Morgan fingerprint density at radius 3 is 0.600 bits per heavy atom. The third-order valence-corrected chi connectivity index (χ3v) is 5.86. The number of hydrogen-bond donors (Lipinski definition) is 1. The summed E-state index contributed by atoms with van der Waals surface area (Å²) in [6, 6.07) is 0. The summed E-state index contributed by atoms with van der Waals surface area (Å²) >= 11 is 35.3. The molecule has 1 saturated carbocycles. The maximum Gasteiger partial charge on any atom is 0.0693 e. The van der Waals surface area contributed by atoms with E-state index < -0.39 is 32.3 Å². The summed E-state index contributed by atoms with van der Waals surface area (Å²) in [4.78, 5) is 0. The zero-order chi connectivity index (χ0) is 9.46. The van der Waals surface area contributed by atoms with Crippen molar-refractivity contribution in [3.63, 3.8) is 0 Å². The summed E-state index contributed by atoms with van der Waals surface area (Å²) in [5.41, 5.74) is 0. The SMILES string of the molecule is Cl[C@H]1[C@H](Cl)[C@@H](Cl)[C@@H](Cl)[C@H](Cl)[C@H]1Cl.F.N.[Sc]. The molecule has 0 bridgehead atoms. The minimum absolute atomic E-state index is 0. The van der Waals surface area contributed by atoms with Crippen LogP contribution in [-0.4, -0.2) is 32.3 Å². The van der Waals surface area contributed by atoms with Gasteiger partial charge in [-0.05, 0) is 0 Å². The van der Waals surface area contributed by atoms with Gasteiger partial charge in [-0.2, -0.15) is 0 Å². The van der Waals surface area contributed by atoms with Gasteiger partial charge in [0.05, 0.1) is 32.3 Å². The third-order valence-electron chi connectivity index (χ3n) is 1.83. The van der Waals surface area contributed by atoms with E-state index in [0.29, 0.717) is 0 Å². The quantitative estimate of drug-likeness (QED) is 0.642. The Morgan fingerprint density at radius 2 is 0.533 bits per heavy atom. The second-order valence-corrected chi connectivity index (χ2v) is 5.69. The van der Waals surface area contributed by atoms with Crippen molar-refractivity contribution >= 4 is 69.6 Å². The van der Waals surface area contributed by atoms with Gasteiger partial charge in [0.15, 0.2) is 0 Å². The Kier molecular flexibility index (Phi) is 14.3. The van der Waals surface area contributed by atoms with Gasteiger partial charge in [-0.3, -0.25) is 4.70 Å². The molecule has 1 nitrogen and oxygen atoms in total. The first kappa shape index (κ1) is 22.7. The molecule has 9 heteroatoms. The summed E-state index contributed by atoms with van der Waals surface area (Å²) in [6.45, 7) is 0. The number of rotatable bonds is 0. The number of alkyl halides is 6. The Bertz CT molecular complexity index is 119. The Morgan fingerprint density at radius 1 is 0.467 bits per heavy atom. The monoisotopic (exact) mass is 370 g/mol. The van der Waals surface area contributed by atoms with Crippen molar-refractivity contribution in [3.8, 4) is 0 Å². The van der Waals surface area contributed by atoms with E-state index in [2.05, 4.69) is 0 Å². The van der Waals surface area contributed by atoms with Crippen LogP contribution >= 0.6 is 69.6 Å². The third kappa shape index (κ3) is 4.94. The average molecular weight is 373 g/mol. The van der Waals surface area contributed by atoms with Gasteiger partial charge < -0.3 is 6.15 Å². The van der Waals surface area contributed by atoms with Crippen LogP contribution in [0.1, 0.15) is 0 Å². The van der Waals surface area contributed by atoms with Crippen LogP contribution in [0.4, 0.5) is 4.70 Å². The molecule has 3 N–H and O–H groups in total. The summed E-state index contributed by atoms with van der Waals surface area (Å²) in [5, 5.41) is -2.62. The van der Waals surface area contributed by atoms with Crippen molar-refractivity contribution in [1.82, 2.24) is 6.15 Å². The van der Waals surface area contributed by atoms with Gasteiger partial charge in [0.25, 0.3) is 0 Å². The first-order chi connectivity index (χ1) is 5.46. The second kappa shape index (κ2) is 9.43. The number of halogens is 7. The van der Waals surface area contributed by atoms with Crippen molar-refractivity contribution in [2.24, 2.45) is 0 Å². The van der Waals surface area contributed by atoms with E-state index in [4.69, 9.17) is 69.6 Å². The predicted octanol–water partition coefficient (Wildman–Crippen LogP) is 3.96. The minimum atomic E-state index is -0.437. The molecule has 0 saturated heterocycles.